The molecule has 226 valence electrons. The van der Waals surface area contributed by atoms with Crippen molar-refractivity contribution in [3.8, 4) is 0 Å². The quantitative estimate of drug-likeness (QED) is 0.0807. The van der Waals surface area contributed by atoms with Gasteiger partial charge in [0.05, 0.1) is 16.7 Å². The molecule has 1 heterocycles. The SMILES string of the molecule is CCC1OC(OCSc2ccccc2)C(OC(=O)c2ccccc2)[C@H](OC(=O)c2ccccc2)[C@@H]1OC(=O)c1ccccc1. The molecule has 1 fully saturated rings. The fourth-order valence-electron chi connectivity index (χ4n) is 4.73. The van der Waals surface area contributed by atoms with E-state index >= 15 is 0 Å². The minimum absolute atomic E-state index is 0.151. The third kappa shape index (κ3) is 7.93. The van der Waals surface area contributed by atoms with Crippen molar-refractivity contribution in [2.45, 2.75) is 48.9 Å². The lowest BCUT2D eigenvalue weighted by atomic mass is 9.96. The van der Waals surface area contributed by atoms with E-state index in [-0.39, 0.29) is 17.1 Å². The zero-order valence-corrected chi connectivity index (χ0v) is 24.8. The van der Waals surface area contributed by atoms with Crippen LogP contribution in [0.2, 0.25) is 0 Å². The van der Waals surface area contributed by atoms with Gasteiger partial charge in [0.2, 0.25) is 0 Å². The molecule has 0 N–H and O–H groups in total. The van der Waals surface area contributed by atoms with Crippen molar-refractivity contribution in [3.05, 3.63) is 138 Å². The molecule has 9 heteroatoms. The summed E-state index contributed by atoms with van der Waals surface area (Å²) in [4.78, 5) is 41.0. The number of ether oxygens (including phenoxy) is 5. The molecular weight excluding hydrogens is 580 g/mol. The molecule has 0 saturated carbocycles. The second-order valence-corrected chi connectivity index (χ2v) is 10.9. The van der Waals surface area contributed by atoms with Crippen LogP contribution in [0.1, 0.15) is 44.4 Å². The van der Waals surface area contributed by atoms with Gasteiger partial charge >= 0.3 is 17.9 Å². The Morgan fingerprint density at radius 1 is 0.591 bits per heavy atom. The Balaban J connectivity index is 1.48. The van der Waals surface area contributed by atoms with Gasteiger partial charge in [-0.1, -0.05) is 91.5 Å². The van der Waals surface area contributed by atoms with Gasteiger partial charge in [0.1, 0.15) is 12.0 Å². The molecule has 0 amide bonds. The standard InChI is InChI=1S/C35H32O8S/c1-2-28-29(41-32(36)24-15-7-3-8-16-24)30(42-33(37)25-17-9-4-10-18-25)31(43-34(38)26-19-11-5-12-20-26)35(40-28)39-23-44-27-21-13-6-14-22-27/h3-22,28-31,35H,2,23H2,1H3/t28?,29-,30-,31?,35?/m1/s1. The molecule has 0 radical (unpaired) electrons. The minimum atomic E-state index is -1.27. The summed E-state index contributed by atoms with van der Waals surface area (Å²) in [5.41, 5.74) is 0.879. The predicted octanol–water partition coefficient (Wildman–Crippen LogP) is 6.56. The van der Waals surface area contributed by atoms with Crippen molar-refractivity contribution in [1.82, 2.24) is 0 Å². The van der Waals surface area contributed by atoms with Gasteiger partial charge < -0.3 is 23.7 Å². The summed E-state index contributed by atoms with van der Waals surface area (Å²) in [7, 11) is 0. The lowest BCUT2D eigenvalue weighted by Crippen LogP contribution is -2.62. The molecule has 0 spiro atoms. The van der Waals surface area contributed by atoms with Crippen LogP contribution in [-0.2, 0) is 23.7 Å². The van der Waals surface area contributed by atoms with Crippen LogP contribution >= 0.6 is 11.8 Å². The summed E-state index contributed by atoms with van der Waals surface area (Å²) < 4.78 is 30.5. The smallest absolute Gasteiger partial charge is 0.338 e. The zero-order valence-electron chi connectivity index (χ0n) is 24.0. The molecule has 5 rings (SSSR count). The molecule has 0 bridgehead atoms. The fraction of sp³-hybridized carbons (Fsp3) is 0.229. The van der Waals surface area contributed by atoms with Crippen molar-refractivity contribution >= 4 is 29.7 Å². The fourth-order valence-corrected chi connectivity index (χ4v) is 5.41. The Bertz CT molecular complexity index is 1500. The molecular formula is C35H32O8S. The van der Waals surface area contributed by atoms with E-state index < -0.39 is 48.6 Å². The van der Waals surface area contributed by atoms with Crippen molar-refractivity contribution in [1.29, 1.82) is 0 Å². The third-order valence-corrected chi connectivity index (χ3v) is 7.81. The number of esters is 3. The molecule has 44 heavy (non-hydrogen) atoms. The second-order valence-electron chi connectivity index (χ2n) is 9.90. The zero-order chi connectivity index (χ0) is 30.7. The highest BCUT2D eigenvalue weighted by molar-refractivity contribution is 7.99. The lowest BCUT2D eigenvalue weighted by molar-refractivity contribution is -0.289. The topological polar surface area (TPSA) is 97.4 Å². The Labute approximate surface area is 260 Å². The molecule has 0 aliphatic carbocycles. The second kappa shape index (κ2) is 15.3. The van der Waals surface area contributed by atoms with E-state index in [4.69, 9.17) is 23.7 Å². The van der Waals surface area contributed by atoms with E-state index in [1.54, 1.807) is 91.0 Å². The van der Waals surface area contributed by atoms with Crippen molar-refractivity contribution in [3.63, 3.8) is 0 Å². The maximum Gasteiger partial charge on any atom is 0.338 e. The van der Waals surface area contributed by atoms with Crippen LogP contribution in [0.15, 0.2) is 126 Å². The molecule has 4 aromatic carbocycles. The Morgan fingerprint density at radius 2 is 1.00 bits per heavy atom. The molecule has 5 atom stereocenters. The van der Waals surface area contributed by atoms with Gasteiger partial charge in [-0.3, -0.25) is 0 Å². The number of thioether (sulfide) groups is 1. The summed E-state index contributed by atoms with van der Waals surface area (Å²) in [6.45, 7) is 1.86. The number of carbonyl (C=O) groups is 3. The van der Waals surface area contributed by atoms with Gasteiger partial charge in [0.25, 0.3) is 0 Å². The van der Waals surface area contributed by atoms with E-state index in [2.05, 4.69) is 0 Å². The lowest BCUT2D eigenvalue weighted by Gasteiger charge is -2.44. The molecule has 1 aliphatic rings. The summed E-state index contributed by atoms with van der Waals surface area (Å²) >= 11 is 1.43. The van der Waals surface area contributed by atoms with Gasteiger partial charge in [-0.05, 0) is 55.0 Å². The van der Waals surface area contributed by atoms with Crippen LogP contribution in [0.4, 0.5) is 0 Å². The third-order valence-electron chi connectivity index (χ3n) is 6.95. The van der Waals surface area contributed by atoms with E-state index in [1.807, 2.05) is 37.3 Å². The number of hydrogen-bond acceptors (Lipinski definition) is 9. The van der Waals surface area contributed by atoms with Gasteiger partial charge in [-0.2, -0.15) is 0 Å². The molecule has 1 saturated heterocycles. The van der Waals surface area contributed by atoms with Crippen molar-refractivity contribution in [2.24, 2.45) is 0 Å². The van der Waals surface area contributed by atoms with E-state index in [0.29, 0.717) is 12.0 Å². The highest BCUT2D eigenvalue weighted by atomic mass is 32.2. The van der Waals surface area contributed by atoms with Gasteiger partial charge in [0.15, 0.2) is 24.6 Å². The van der Waals surface area contributed by atoms with Crippen LogP contribution in [0.3, 0.4) is 0 Å². The van der Waals surface area contributed by atoms with Gasteiger partial charge in [-0.25, -0.2) is 14.4 Å². The number of benzene rings is 4. The van der Waals surface area contributed by atoms with E-state index in [1.165, 1.54) is 11.8 Å². The first kappa shape index (κ1) is 31.0. The Kier molecular flexibility index (Phi) is 10.8. The molecule has 1 aliphatic heterocycles. The molecule has 8 nitrogen and oxygen atoms in total. The van der Waals surface area contributed by atoms with Crippen LogP contribution < -0.4 is 0 Å². The van der Waals surface area contributed by atoms with Crippen LogP contribution in [0.25, 0.3) is 0 Å². The molecule has 3 unspecified atom stereocenters. The van der Waals surface area contributed by atoms with Crippen LogP contribution in [-0.4, -0.2) is 54.6 Å². The number of rotatable bonds is 11. The van der Waals surface area contributed by atoms with Crippen LogP contribution in [0, 0.1) is 0 Å². The monoisotopic (exact) mass is 612 g/mol. The average Bonchev–Trinajstić information content (AvgIpc) is 3.08. The first-order valence-corrected chi connectivity index (χ1v) is 15.2. The first-order valence-electron chi connectivity index (χ1n) is 14.3. The van der Waals surface area contributed by atoms with Crippen molar-refractivity contribution in [2.75, 3.05) is 5.94 Å². The number of carbonyl (C=O) groups excluding carboxylic acids is 3. The Hall–Kier alpha value is -4.44. The van der Waals surface area contributed by atoms with Gasteiger partial charge in [0, 0.05) is 4.90 Å². The maximum absolute atomic E-state index is 13.4. The summed E-state index contributed by atoms with van der Waals surface area (Å²) in [6.07, 6.45) is -5.14. The predicted molar refractivity (Wildman–Crippen MR) is 164 cm³/mol. The summed E-state index contributed by atoms with van der Waals surface area (Å²) in [5.74, 6) is -1.83. The average molecular weight is 613 g/mol. The summed E-state index contributed by atoms with van der Waals surface area (Å²) in [5, 5.41) is 0. The van der Waals surface area contributed by atoms with Gasteiger partial charge in [-0.15, -0.1) is 0 Å². The van der Waals surface area contributed by atoms with E-state index in [9.17, 15) is 14.4 Å². The molecule has 0 aromatic heterocycles. The highest BCUT2D eigenvalue weighted by Crippen LogP contribution is 2.33. The highest BCUT2D eigenvalue weighted by Gasteiger charge is 2.52. The maximum atomic E-state index is 13.4. The largest absolute Gasteiger partial charge is 0.452 e. The minimum Gasteiger partial charge on any atom is -0.452 e. The van der Waals surface area contributed by atoms with Crippen molar-refractivity contribution < 1.29 is 38.1 Å². The normalized spacial score (nSPS) is 21.2. The number of hydrogen-bond donors (Lipinski definition) is 0. The first-order chi connectivity index (χ1) is 21.5. The van der Waals surface area contributed by atoms with E-state index in [0.717, 1.165) is 4.90 Å². The molecule has 4 aromatic rings. The summed E-state index contributed by atoms with van der Waals surface area (Å²) in [6, 6.07) is 35.0. The van der Waals surface area contributed by atoms with Crippen LogP contribution in [0.5, 0.6) is 0 Å². The Morgan fingerprint density at radius 3 is 1.45 bits per heavy atom.